The normalized spacial score (nSPS) is 11.5. The molecule has 8 heteroatoms. The Labute approximate surface area is 186 Å². The Morgan fingerprint density at radius 2 is 1.97 bits per heavy atom. The molecule has 32 heavy (non-hydrogen) atoms. The molecule has 0 aliphatic heterocycles. The van der Waals surface area contributed by atoms with E-state index in [1.807, 2.05) is 60.8 Å². The molecule has 4 aromatic heterocycles. The van der Waals surface area contributed by atoms with Crippen molar-refractivity contribution in [3.05, 3.63) is 65.8 Å². The standard InChI is InChI=1S/C24H18N6OS/c1-2-21(31)20-10-13-3-4-14(11-19(13)27-20)23-28-18-7-8-32-22(18)24(29-23)26-16-5-6-17-15(9-16)12-25-30-17/h3-12,27H,2H2,1H3,(H,25,30)(H,26,28,29). The highest BCUT2D eigenvalue weighted by Gasteiger charge is 2.13. The highest BCUT2D eigenvalue weighted by atomic mass is 32.1. The number of thiophene rings is 1. The van der Waals surface area contributed by atoms with Crippen molar-refractivity contribution in [2.45, 2.75) is 13.3 Å². The number of ketones is 1. The third kappa shape index (κ3) is 3.12. The minimum atomic E-state index is 0.0970. The van der Waals surface area contributed by atoms with Crippen LogP contribution in [0.4, 0.5) is 11.5 Å². The molecule has 0 unspecified atom stereocenters. The highest BCUT2D eigenvalue weighted by molar-refractivity contribution is 7.17. The monoisotopic (exact) mass is 438 g/mol. The summed E-state index contributed by atoms with van der Waals surface area (Å²) in [6.07, 6.45) is 2.27. The van der Waals surface area contributed by atoms with Crippen LogP contribution in [-0.2, 0) is 0 Å². The Morgan fingerprint density at radius 3 is 2.88 bits per heavy atom. The van der Waals surface area contributed by atoms with Crippen LogP contribution in [0.3, 0.4) is 0 Å². The van der Waals surface area contributed by atoms with Crippen molar-refractivity contribution < 1.29 is 4.79 Å². The number of fused-ring (bicyclic) bond motifs is 3. The number of hydrogen-bond donors (Lipinski definition) is 3. The average molecular weight is 439 g/mol. The molecule has 0 spiro atoms. The van der Waals surface area contributed by atoms with Gasteiger partial charge in [0.15, 0.2) is 17.4 Å². The number of Topliss-reactive ketones (excluding diaryl/α,β-unsaturated/α-hetero) is 1. The van der Waals surface area contributed by atoms with Gasteiger partial charge in [0.05, 0.1) is 27.6 Å². The van der Waals surface area contributed by atoms with Crippen molar-refractivity contribution in [3.63, 3.8) is 0 Å². The maximum absolute atomic E-state index is 12.1. The Hall–Kier alpha value is -4.04. The number of benzene rings is 2. The second kappa shape index (κ2) is 7.28. The fraction of sp³-hybridized carbons (Fsp3) is 0.0833. The summed E-state index contributed by atoms with van der Waals surface area (Å²) in [5.41, 5.74) is 5.22. The van der Waals surface area contributed by atoms with E-state index >= 15 is 0 Å². The van der Waals surface area contributed by atoms with Gasteiger partial charge in [-0.3, -0.25) is 9.89 Å². The summed E-state index contributed by atoms with van der Waals surface area (Å²) in [6, 6.07) is 15.9. The summed E-state index contributed by atoms with van der Waals surface area (Å²) in [7, 11) is 0. The molecule has 4 heterocycles. The quantitative estimate of drug-likeness (QED) is 0.284. The van der Waals surface area contributed by atoms with Gasteiger partial charge in [0.2, 0.25) is 0 Å². The van der Waals surface area contributed by atoms with E-state index in [-0.39, 0.29) is 5.78 Å². The Kier molecular flexibility index (Phi) is 4.26. The number of aromatic amines is 2. The molecule has 0 atom stereocenters. The molecule has 0 aliphatic rings. The number of anilines is 2. The topological polar surface area (TPSA) is 99.3 Å². The molecule has 0 fully saturated rings. The molecule has 0 saturated carbocycles. The van der Waals surface area contributed by atoms with Crippen molar-refractivity contribution in [1.29, 1.82) is 0 Å². The van der Waals surface area contributed by atoms with Crippen LogP contribution >= 0.6 is 11.3 Å². The van der Waals surface area contributed by atoms with E-state index in [1.165, 1.54) is 0 Å². The van der Waals surface area contributed by atoms with Gasteiger partial charge in [-0.15, -0.1) is 11.3 Å². The molecule has 0 radical (unpaired) electrons. The molecule has 0 aliphatic carbocycles. The van der Waals surface area contributed by atoms with Crippen molar-refractivity contribution in [2.24, 2.45) is 0 Å². The summed E-state index contributed by atoms with van der Waals surface area (Å²) in [5.74, 6) is 1.48. The van der Waals surface area contributed by atoms with E-state index < -0.39 is 0 Å². The van der Waals surface area contributed by atoms with E-state index in [0.29, 0.717) is 17.9 Å². The van der Waals surface area contributed by atoms with Gasteiger partial charge in [0.25, 0.3) is 0 Å². The number of carbonyl (C=O) groups is 1. The van der Waals surface area contributed by atoms with Gasteiger partial charge in [-0.2, -0.15) is 5.10 Å². The molecule has 2 aromatic carbocycles. The minimum absolute atomic E-state index is 0.0970. The van der Waals surface area contributed by atoms with Gasteiger partial charge in [0.1, 0.15) is 0 Å². The molecule has 0 saturated heterocycles. The van der Waals surface area contributed by atoms with Crippen LogP contribution in [-0.4, -0.2) is 30.9 Å². The largest absolute Gasteiger partial charge is 0.352 e. The van der Waals surface area contributed by atoms with E-state index in [2.05, 4.69) is 20.5 Å². The van der Waals surface area contributed by atoms with E-state index in [1.54, 1.807) is 17.5 Å². The number of H-pyrrole nitrogens is 2. The maximum atomic E-state index is 12.1. The number of aromatic nitrogens is 5. The van der Waals surface area contributed by atoms with E-state index in [4.69, 9.17) is 9.97 Å². The van der Waals surface area contributed by atoms with Gasteiger partial charge < -0.3 is 10.3 Å². The zero-order chi connectivity index (χ0) is 21.7. The van der Waals surface area contributed by atoms with Gasteiger partial charge in [-0.05, 0) is 41.8 Å². The molecule has 0 bridgehead atoms. The average Bonchev–Trinajstić information content (AvgIpc) is 3.56. The first-order valence-electron chi connectivity index (χ1n) is 10.3. The van der Waals surface area contributed by atoms with Crippen molar-refractivity contribution in [3.8, 4) is 11.4 Å². The smallest absolute Gasteiger partial charge is 0.178 e. The third-order valence-electron chi connectivity index (χ3n) is 5.51. The van der Waals surface area contributed by atoms with Crippen LogP contribution in [0.5, 0.6) is 0 Å². The number of rotatable bonds is 5. The van der Waals surface area contributed by atoms with Crippen LogP contribution in [0, 0.1) is 0 Å². The highest BCUT2D eigenvalue weighted by Crippen LogP contribution is 2.32. The van der Waals surface area contributed by atoms with Crippen LogP contribution in [0.2, 0.25) is 0 Å². The minimum Gasteiger partial charge on any atom is -0.352 e. The second-order valence-electron chi connectivity index (χ2n) is 7.59. The van der Waals surface area contributed by atoms with Gasteiger partial charge in [0, 0.05) is 34.0 Å². The molecule has 6 rings (SSSR count). The van der Waals surface area contributed by atoms with Crippen LogP contribution in [0.15, 0.2) is 60.1 Å². The molecule has 156 valence electrons. The van der Waals surface area contributed by atoms with Gasteiger partial charge >= 0.3 is 0 Å². The predicted octanol–water partition coefficient (Wildman–Crippen LogP) is 6.05. The number of nitrogens with one attached hydrogen (secondary N) is 3. The molecular formula is C24H18N6OS. The second-order valence-corrected chi connectivity index (χ2v) is 8.51. The van der Waals surface area contributed by atoms with E-state index in [9.17, 15) is 4.79 Å². The lowest BCUT2D eigenvalue weighted by Crippen LogP contribution is -1.98. The molecule has 7 nitrogen and oxygen atoms in total. The third-order valence-corrected chi connectivity index (χ3v) is 6.42. The molecule has 0 amide bonds. The fourth-order valence-electron chi connectivity index (χ4n) is 3.84. The number of nitrogens with zero attached hydrogens (tertiary/aromatic N) is 3. The molecular weight excluding hydrogens is 420 g/mol. The zero-order valence-electron chi connectivity index (χ0n) is 17.1. The maximum Gasteiger partial charge on any atom is 0.178 e. The lowest BCUT2D eigenvalue weighted by molar-refractivity contribution is 0.0984. The number of hydrogen-bond acceptors (Lipinski definition) is 6. The van der Waals surface area contributed by atoms with Crippen molar-refractivity contribution in [2.75, 3.05) is 5.32 Å². The Morgan fingerprint density at radius 1 is 1.03 bits per heavy atom. The number of carbonyl (C=O) groups excluding carboxylic acids is 1. The van der Waals surface area contributed by atoms with Gasteiger partial charge in [-0.1, -0.05) is 19.1 Å². The van der Waals surface area contributed by atoms with E-state index in [0.717, 1.165) is 49.1 Å². The van der Waals surface area contributed by atoms with Crippen molar-refractivity contribution >= 4 is 60.6 Å². The first-order valence-corrected chi connectivity index (χ1v) is 11.2. The zero-order valence-corrected chi connectivity index (χ0v) is 18.0. The van der Waals surface area contributed by atoms with Crippen molar-refractivity contribution in [1.82, 2.24) is 25.1 Å². The summed E-state index contributed by atoms with van der Waals surface area (Å²) in [6.45, 7) is 1.86. The first-order chi connectivity index (χ1) is 15.7. The Balaban J connectivity index is 1.43. The van der Waals surface area contributed by atoms with Crippen LogP contribution in [0.25, 0.3) is 43.4 Å². The summed E-state index contributed by atoms with van der Waals surface area (Å²) in [5, 5.41) is 14.6. The fourth-order valence-corrected chi connectivity index (χ4v) is 4.62. The van der Waals surface area contributed by atoms with Crippen LogP contribution in [0.1, 0.15) is 23.8 Å². The summed E-state index contributed by atoms with van der Waals surface area (Å²) >= 11 is 1.60. The molecule has 6 aromatic rings. The van der Waals surface area contributed by atoms with Gasteiger partial charge in [-0.25, -0.2) is 9.97 Å². The Bertz CT molecular complexity index is 1630. The lowest BCUT2D eigenvalue weighted by Gasteiger charge is -2.09. The SMILES string of the molecule is CCC(=O)c1cc2ccc(-c3nc(Nc4ccc5[nH]ncc5c4)c4sccc4n3)cc2[nH]1. The summed E-state index contributed by atoms with van der Waals surface area (Å²) in [4.78, 5) is 24.9. The predicted molar refractivity (Wildman–Crippen MR) is 129 cm³/mol. The van der Waals surface area contributed by atoms with Crippen LogP contribution < -0.4 is 5.32 Å². The lowest BCUT2D eigenvalue weighted by atomic mass is 10.1. The summed E-state index contributed by atoms with van der Waals surface area (Å²) < 4.78 is 0.998. The molecule has 3 N–H and O–H groups in total. The first kappa shape index (κ1) is 18.7.